The fraction of sp³-hybridized carbons (Fsp3) is 0.0952. The van der Waals surface area contributed by atoms with Crippen molar-refractivity contribution < 1.29 is 31.7 Å². The third kappa shape index (κ3) is 4.85. The highest BCUT2D eigenvalue weighted by molar-refractivity contribution is 6.03. The molecule has 0 aliphatic heterocycles. The maximum atomic E-state index is 13.9. The van der Waals surface area contributed by atoms with Crippen LogP contribution in [0.5, 0.6) is 0 Å². The summed E-state index contributed by atoms with van der Waals surface area (Å²) in [6.07, 6.45) is 3.58. The highest BCUT2D eigenvalue weighted by Gasteiger charge is 2.26. The highest BCUT2D eigenvalue weighted by atomic mass is 19.2. The van der Waals surface area contributed by atoms with Gasteiger partial charge in [0.1, 0.15) is 12.4 Å². The summed E-state index contributed by atoms with van der Waals surface area (Å²) >= 11 is 0. The Kier molecular flexibility index (Phi) is 6.27. The Hall–Kier alpha value is -4.62. The summed E-state index contributed by atoms with van der Waals surface area (Å²) in [5.74, 6) is -10.9. The minimum Gasteiger partial charge on any atom is -0.305 e. The number of amides is 1. The molecule has 1 N–H and O–H groups in total. The van der Waals surface area contributed by atoms with Gasteiger partial charge in [0.2, 0.25) is 5.82 Å². The monoisotopic (exact) mass is 492 g/mol. The summed E-state index contributed by atoms with van der Waals surface area (Å²) < 4.78 is 69.9. The Morgan fingerprint density at radius 2 is 1.54 bits per heavy atom. The van der Waals surface area contributed by atoms with Gasteiger partial charge in [0.15, 0.2) is 29.1 Å². The van der Waals surface area contributed by atoms with Crippen LogP contribution in [0.15, 0.2) is 48.9 Å². The van der Waals surface area contributed by atoms with Gasteiger partial charge >= 0.3 is 5.69 Å². The number of nitrogens with zero attached hydrogens (tertiary/aromatic N) is 5. The molecular formula is C21H13F5N6O3. The van der Waals surface area contributed by atoms with Crippen LogP contribution in [0.1, 0.15) is 21.5 Å². The quantitative estimate of drug-likeness (QED) is 0.138. The van der Waals surface area contributed by atoms with Crippen molar-refractivity contribution in [3.05, 3.63) is 105 Å². The lowest BCUT2D eigenvalue weighted by atomic mass is 10.1. The second-order valence-corrected chi connectivity index (χ2v) is 7.25. The second kappa shape index (κ2) is 9.32. The van der Waals surface area contributed by atoms with Crippen LogP contribution in [-0.2, 0) is 13.1 Å². The summed E-state index contributed by atoms with van der Waals surface area (Å²) in [5, 5.41) is 20.9. The van der Waals surface area contributed by atoms with Crippen molar-refractivity contribution in [2.75, 3.05) is 5.32 Å². The van der Waals surface area contributed by atoms with Gasteiger partial charge < -0.3 is 5.32 Å². The minimum atomic E-state index is -2.26. The number of anilines is 1. The summed E-state index contributed by atoms with van der Waals surface area (Å²) in [4.78, 5) is 22.6. The molecule has 1 amide bonds. The van der Waals surface area contributed by atoms with E-state index in [2.05, 4.69) is 15.5 Å². The van der Waals surface area contributed by atoms with Gasteiger partial charge in [-0.3, -0.25) is 24.3 Å². The van der Waals surface area contributed by atoms with Crippen LogP contribution in [0.25, 0.3) is 0 Å². The molecule has 0 unspecified atom stereocenters. The minimum absolute atomic E-state index is 0.0215. The Bertz CT molecular complexity index is 1400. The van der Waals surface area contributed by atoms with Crippen molar-refractivity contribution in [3.8, 4) is 0 Å². The predicted octanol–water partition coefficient (Wildman–Crippen LogP) is 4.03. The zero-order chi connectivity index (χ0) is 25.3. The molecule has 35 heavy (non-hydrogen) atoms. The van der Waals surface area contributed by atoms with E-state index in [1.54, 1.807) is 12.1 Å². The van der Waals surface area contributed by atoms with E-state index in [0.717, 1.165) is 10.9 Å². The SMILES string of the molecule is O=C(Nc1ccn(Cc2c(F)c(F)c(F)c(F)c2F)n1)c1ccc(Cn2cc([N+](=O)[O-])cn2)cc1. The molecule has 2 aromatic heterocycles. The molecule has 0 aliphatic rings. The van der Waals surface area contributed by atoms with Crippen LogP contribution in [0.3, 0.4) is 0 Å². The van der Waals surface area contributed by atoms with Crippen molar-refractivity contribution in [1.82, 2.24) is 19.6 Å². The predicted molar refractivity (Wildman–Crippen MR) is 110 cm³/mol. The van der Waals surface area contributed by atoms with Gasteiger partial charge in [0.25, 0.3) is 5.91 Å². The number of nitro groups is 1. The topological polar surface area (TPSA) is 108 Å². The number of hydrogen-bond donors (Lipinski definition) is 1. The van der Waals surface area contributed by atoms with Crippen molar-refractivity contribution >= 4 is 17.4 Å². The van der Waals surface area contributed by atoms with Crippen LogP contribution in [0.2, 0.25) is 0 Å². The number of halogens is 5. The van der Waals surface area contributed by atoms with Gasteiger partial charge in [-0.2, -0.15) is 10.2 Å². The first-order chi connectivity index (χ1) is 16.6. The lowest BCUT2D eigenvalue weighted by Gasteiger charge is -2.08. The van der Waals surface area contributed by atoms with E-state index in [1.165, 1.54) is 35.3 Å². The molecule has 2 heterocycles. The third-order valence-electron chi connectivity index (χ3n) is 4.89. The number of carbonyl (C=O) groups excluding carboxylic acids is 1. The van der Waals surface area contributed by atoms with Gasteiger partial charge in [-0.15, -0.1) is 0 Å². The zero-order valence-electron chi connectivity index (χ0n) is 17.4. The standard InChI is InChI=1S/C21H13F5N6O3/c22-16-14(17(23)19(25)20(26)18(16)24)10-30-6-5-15(29-30)28-21(33)12-3-1-11(2-4-12)8-31-9-13(7-27-31)32(34)35/h1-7,9H,8,10H2,(H,28,29,33). The molecule has 9 nitrogen and oxygen atoms in total. The van der Waals surface area contributed by atoms with E-state index in [9.17, 15) is 36.9 Å². The van der Waals surface area contributed by atoms with E-state index in [4.69, 9.17) is 0 Å². The average molecular weight is 492 g/mol. The van der Waals surface area contributed by atoms with Gasteiger partial charge in [-0.25, -0.2) is 22.0 Å². The molecule has 2 aromatic carbocycles. The van der Waals surface area contributed by atoms with Gasteiger partial charge in [0, 0.05) is 17.8 Å². The van der Waals surface area contributed by atoms with E-state index in [-0.39, 0.29) is 23.6 Å². The largest absolute Gasteiger partial charge is 0.307 e. The molecule has 0 bridgehead atoms. The molecule has 0 aliphatic carbocycles. The van der Waals surface area contributed by atoms with E-state index in [1.807, 2.05) is 0 Å². The molecule has 14 heteroatoms. The molecule has 0 fully saturated rings. The number of nitrogens with one attached hydrogen (secondary N) is 1. The van der Waals surface area contributed by atoms with Crippen molar-refractivity contribution in [2.24, 2.45) is 0 Å². The molecule has 180 valence electrons. The van der Waals surface area contributed by atoms with Crippen molar-refractivity contribution in [2.45, 2.75) is 13.1 Å². The van der Waals surface area contributed by atoms with Crippen molar-refractivity contribution in [1.29, 1.82) is 0 Å². The maximum Gasteiger partial charge on any atom is 0.307 e. The summed E-state index contributed by atoms with van der Waals surface area (Å²) in [7, 11) is 0. The summed E-state index contributed by atoms with van der Waals surface area (Å²) in [5.41, 5.74) is -0.276. The fourth-order valence-corrected chi connectivity index (χ4v) is 3.14. The Labute approximate surface area is 192 Å². The van der Waals surface area contributed by atoms with Crippen LogP contribution in [0, 0.1) is 39.2 Å². The van der Waals surface area contributed by atoms with Crippen LogP contribution < -0.4 is 5.32 Å². The molecule has 4 rings (SSSR count). The first kappa shape index (κ1) is 23.5. The molecular weight excluding hydrogens is 479 g/mol. The van der Waals surface area contributed by atoms with Gasteiger partial charge in [-0.05, 0) is 17.7 Å². The first-order valence-electron chi connectivity index (χ1n) is 9.75. The number of benzene rings is 2. The van der Waals surface area contributed by atoms with Crippen molar-refractivity contribution in [3.63, 3.8) is 0 Å². The molecule has 0 saturated heterocycles. The maximum absolute atomic E-state index is 13.9. The fourth-order valence-electron chi connectivity index (χ4n) is 3.14. The molecule has 0 saturated carbocycles. The lowest BCUT2D eigenvalue weighted by Crippen LogP contribution is -2.14. The van der Waals surface area contributed by atoms with E-state index < -0.39 is 52.0 Å². The lowest BCUT2D eigenvalue weighted by molar-refractivity contribution is -0.385. The average Bonchev–Trinajstić information content (AvgIpc) is 3.49. The number of rotatable bonds is 7. The zero-order valence-corrected chi connectivity index (χ0v) is 17.4. The van der Waals surface area contributed by atoms with Gasteiger partial charge in [-0.1, -0.05) is 12.1 Å². The van der Waals surface area contributed by atoms with E-state index >= 15 is 0 Å². The highest BCUT2D eigenvalue weighted by Crippen LogP contribution is 2.24. The van der Waals surface area contributed by atoms with Crippen LogP contribution in [-0.4, -0.2) is 30.4 Å². The Balaban J connectivity index is 1.41. The van der Waals surface area contributed by atoms with Crippen LogP contribution >= 0.6 is 0 Å². The molecule has 0 radical (unpaired) electrons. The number of aromatic nitrogens is 4. The molecule has 4 aromatic rings. The summed E-state index contributed by atoms with van der Waals surface area (Å²) in [6, 6.07) is 7.50. The molecule has 0 spiro atoms. The Morgan fingerprint density at radius 1 is 0.914 bits per heavy atom. The third-order valence-corrected chi connectivity index (χ3v) is 4.89. The van der Waals surface area contributed by atoms with Gasteiger partial charge in [0.05, 0.1) is 23.6 Å². The number of hydrogen-bond acceptors (Lipinski definition) is 5. The number of carbonyl (C=O) groups is 1. The molecule has 0 atom stereocenters. The van der Waals surface area contributed by atoms with E-state index in [0.29, 0.717) is 5.56 Å². The smallest absolute Gasteiger partial charge is 0.305 e. The Morgan fingerprint density at radius 3 is 2.14 bits per heavy atom. The first-order valence-corrected chi connectivity index (χ1v) is 9.75. The second-order valence-electron chi connectivity index (χ2n) is 7.25. The van der Waals surface area contributed by atoms with Crippen LogP contribution in [0.4, 0.5) is 33.5 Å². The summed E-state index contributed by atoms with van der Waals surface area (Å²) in [6.45, 7) is -0.528. The normalized spacial score (nSPS) is 11.0.